The number of nitrogens with one attached hydrogen (secondary N) is 1. The minimum atomic E-state index is -2.30. The molecule has 3 heterocycles. The Bertz CT molecular complexity index is 1480. The van der Waals surface area contributed by atoms with E-state index in [2.05, 4.69) is 5.32 Å². The van der Waals surface area contributed by atoms with Gasteiger partial charge in [-0.25, -0.2) is 0 Å². The van der Waals surface area contributed by atoms with Crippen molar-refractivity contribution in [3.8, 4) is 12.1 Å². The third-order valence-corrected chi connectivity index (χ3v) is 8.04. The van der Waals surface area contributed by atoms with Crippen molar-refractivity contribution in [1.82, 2.24) is 5.32 Å². The van der Waals surface area contributed by atoms with Gasteiger partial charge in [-0.05, 0) is 43.7 Å². The van der Waals surface area contributed by atoms with Crippen molar-refractivity contribution in [3.05, 3.63) is 58.6 Å². The number of halogens is 1. The Morgan fingerprint density at radius 2 is 1.73 bits per heavy atom. The molecule has 0 saturated carbocycles. The fraction of sp³-hybridized carbons (Fsp3) is 0.308. The highest BCUT2D eigenvalue weighted by Crippen LogP contribution is 2.67. The number of hydrogen-bond acceptors (Lipinski definition) is 7. The van der Waals surface area contributed by atoms with Crippen LogP contribution in [0.5, 0.6) is 0 Å². The van der Waals surface area contributed by atoms with E-state index in [0.717, 1.165) is 4.90 Å². The summed E-state index contributed by atoms with van der Waals surface area (Å²) in [7, 11) is 0. The monoisotopic (exact) mass is 533 g/mol. The lowest BCUT2D eigenvalue weighted by Gasteiger charge is -2.41. The summed E-state index contributed by atoms with van der Waals surface area (Å²) in [6.07, 6.45) is 0. The number of rotatable bonds is 4. The van der Waals surface area contributed by atoms with Gasteiger partial charge < -0.3 is 15.0 Å². The number of nitriles is 2. The Hall–Kier alpha value is -3.99. The van der Waals surface area contributed by atoms with E-state index in [0.29, 0.717) is 11.3 Å². The van der Waals surface area contributed by atoms with Gasteiger partial charge in [0.05, 0.1) is 18.7 Å². The molecule has 3 aliphatic heterocycles. The van der Waals surface area contributed by atoms with Gasteiger partial charge in [0.15, 0.2) is 11.0 Å². The van der Waals surface area contributed by atoms with Gasteiger partial charge in [-0.2, -0.15) is 10.5 Å². The van der Waals surface area contributed by atoms with E-state index in [-0.39, 0.29) is 34.4 Å². The number of benzene rings is 2. The molecule has 0 aliphatic carbocycles. The minimum Gasteiger partial charge on any atom is -0.465 e. The van der Waals surface area contributed by atoms with Gasteiger partial charge >= 0.3 is 5.97 Å². The van der Waals surface area contributed by atoms with Crippen molar-refractivity contribution in [3.63, 3.8) is 0 Å². The highest BCUT2D eigenvalue weighted by Gasteiger charge is 2.84. The van der Waals surface area contributed by atoms with Crippen molar-refractivity contribution in [2.45, 2.75) is 24.8 Å². The lowest BCUT2D eigenvalue weighted by atomic mass is 9.54. The van der Waals surface area contributed by atoms with Crippen LogP contribution in [0.4, 0.5) is 11.4 Å². The van der Waals surface area contributed by atoms with Gasteiger partial charge in [0.2, 0.25) is 11.3 Å². The molecule has 0 aromatic heterocycles. The Morgan fingerprint density at radius 1 is 1.05 bits per heavy atom. The Balaban J connectivity index is 1.94. The average Bonchev–Trinajstić information content (AvgIpc) is 3.38. The largest absolute Gasteiger partial charge is 0.465 e. The van der Waals surface area contributed by atoms with Crippen LogP contribution < -0.4 is 15.1 Å². The summed E-state index contributed by atoms with van der Waals surface area (Å²) in [4.78, 5) is 44.1. The number of carbonyl (C=O) groups is 3. The lowest BCUT2D eigenvalue weighted by Crippen LogP contribution is -2.65. The zero-order valence-electron chi connectivity index (χ0n) is 19.9. The Labute approximate surface area is 223 Å². The van der Waals surface area contributed by atoms with Crippen LogP contribution in [0.1, 0.15) is 25.0 Å². The van der Waals surface area contributed by atoms with Gasteiger partial charge in [0.1, 0.15) is 11.5 Å². The first-order valence-electron chi connectivity index (χ1n) is 11.6. The van der Waals surface area contributed by atoms with Crippen LogP contribution in [0.2, 0.25) is 5.02 Å². The smallest absolute Gasteiger partial charge is 0.326 e. The van der Waals surface area contributed by atoms with Gasteiger partial charge in [0.25, 0.3) is 5.91 Å². The highest BCUT2D eigenvalue weighted by molar-refractivity contribution is 7.80. The van der Waals surface area contributed by atoms with Gasteiger partial charge in [-0.1, -0.05) is 42.0 Å². The number of fused-ring (bicyclic) bond motifs is 5. The van der Waals surface area contributed by atoms with E-state index in [4.69, 9.17) is 28.6 Å². The molecule has 37 heavy (non-hydrogen) atoms. The number of carbonyl (C=O) groups excluding carboxylic acids is 3. The summed E-state index contributed by atoms with van der Waals surface area (Å²) >= 11 is 12.0. The molecular weight excluding hydrogens is 514 g/mol. The van der Waals surface area contributed by atoms with E-state index in [1.165, 1.54) is 23.1 Å². The molecule has 2 aromatic rings. The van der Waals surface area contributed by atoms with E-state index in [1.54, 1.807) is 38.1 Å². The van der Waals surface area contributed by atoms with Gasteiger partial charge in [-0.15, -0.1) is 0 Å². The number of anilines is 2. The standard InChI is InChI=1S/C26H20ClN5O4S/c1-3-31-18-8-6-5-7-16(18)26(23(31)35)25(24(13-28,14-29)21(37)30-26)17-11-15(27)9-10-19(17)32(22(25)34)12-20(33)36-4-2/h5-11H,3-4,12H2,1-2H3,(H,30,37)/t25-,26+/m0/s1. The number of ether oxygens (including phenoxy) is 1. The van der Waals surface area contributed by atoms with E-state index >= 15 is 0 Å². The zero-order valence-corrected chi connectivity index (χ0v) is 21.4. The number of likely N-dealkylation sites (N-methyl/N-ethyl adjacent to an activating group) is 1. The second-order valence-electron chi connectivity index (χ2n) is 8.85. The van der Waals surface area contributed by atoms with Crippen molar-refractivity contribution < 1.29 is 19.1 Å². The molecule has 2 atom stereocenters. The second-order valence-corrected chi connectivity index (χ2v) is 9.70. The van der Waals surface area contributed by atoms with Crippen molar-refractivity contribution in [2.75, 3.05) is 29.5 Å². The van der Waals surface area contributed by atoms with Crippen molar-refractivity contribution in [1.29, 1.82) is 10.5 Å². The number of thiocarbonyl (C=S) groups is 1. The number of amides is 2. The average molecular weight is 534 g/mol. The molecule has 186 valence electrons. The van der Waals surface area contributed by atoms with Crippen LogP contribution >= 0.6 is 23.8 Å². The molecule has 0 radical (unpaired) electrons. The van der Waals surface area contributed by atoms with Crippen LogP contribution in [-0.4, -0.2) is 42.5 Å². The first-order valence-corrected chi connectivity index (χ1v) is 12.3. The molecule has 0 bridgehead atoms. The fourth-order valence-corrected chi connectivity index (χ4v) is 6.61. The van der Waals surface area contributed by atoms with E-state index < -0.39 is 40.7 Å². The molecule has 2 aromatic carbocycles. The second kappa shape index (κ2) is 8.27. The Morgan fingerprint density at radius 3 is 2.38 bits per heavy atom. The molecule has 2 amide bonds. The number of para-hydroxylation sites is 1. The van der Waals surface area contributed by atoms with Crippen molar-refractivity contribution in [2.24, 2.45) is 5.41 Å². The fourth-order valence-electron chi connectivity index (χ4n) is 6.04. The molecule has 1 saturated heterocycles. The van der Waals surface area contributed by atoms with Gasteiger partial charge in [0, 0.05) is 28.5 Å². The molecule has 1 N–H and O–H groups in total. The predicted octanol–water partition coefficient (Wildman–Crippen LogP) is 2.71. The molecule has 9 nitrogen and oxygen atoms in total. The number of hydrogen-bond donors (Lipinski definition) is 1. The quantitative estimate of drug-likeness (QED) is 0.469. The first-order chi connectivity index (χ1) is 17.7. The third-order valence-electron chi connectivity index (χ3n) is 7.39. The predicted molar refractivity (Wildman–Crippen MR) is 138 cm³/mol. The Kier molecular flexibility index (Phi) is 5.52. The highest BCUT2D eigenvalue weighted by atomic mass is 35.5. The topological polar surface area (TPSA) is 127 Å². The molecule has 5 rings (SSSR count). The maximum atomic E-state index is 14.7. The minimum absolute atomic E-state index is 0.0900. The molecule has 3 aliphatic rings. The maximum absolute atomic E-state index is 14.7. The van der Waals surface area contributed by atoms with E-state index in [1.807, 2.05) is 12.1 Å². The van der Waals surface area contributed by atoms with Crippen LogP contribution in [0, 0.1) is 28.1 Å². The van der Waals surface area contributed by atoms with Crippen LogP contribution in [0.3, 0.4) is 0 Å². The molecule has 11 heteroatoms. The first kappa shape index (κ1) is 24.7. The molecule has 1 fully saturated rings. The zero-order chi connectivity index (χ0) is 26.8. The third kappa shape index (κ3) is 2.66. The van der Waals surface area contributed by atoms with Crippen LogP contribution in [0.15, 0.2) is 42.5 Å². The van der Waals surface area contributed by atoms with Crippen LogP contribution in [0.25, 0.3) is 0 Å². The van der Waals surface area contributed by atoms with E-state index in [9.17, 15) is 24.9 Å². The van der Waals surface area contributed by atoms with Crippen LogP contribution in [-0.2, 0) is 30.1 Å². The molecule has 0 unspecified atom stereocenters. The van der Waals surface area contributed by atoms with Crippen molar-refractivity contribution >= 4 is 58.0 Å². The SMILES string of the molecule is CCOC(=O)CN1C(=O)[C@@]2(c3cc(Cl)ccc31)C(C#N)(C#N)C(=S)N[C@]21C(=O)N(CC)c2ccccc21. The maximum Gasteiger partial charge on any atom is 0.326 e. The number of esters is 1. The summed E-state index contributed by atoms with van der Waals surface area (Å²) in [5.74, 6) is -2.03. The summed E-state index contributed by atoms with van der Waals surface area (Å²) < 4.78 is 5.09. The summed E-state index contributed by atoms with van der Waals surface area (Å²) in [6.45, 7) is 3.27. The molecule has 2 spiro atoms. The number of nitrogens with zero attached hydrogens (tertiary/aromatic N) is 4. The lowest BCUT2D eigenvalue weighted by molar-refractivity contribution is -0.143. The summed E-state index contributed by atoms with van der Waals surface area (Å²) in [5.41, 5.74) is -5.11. The van der Waals surface area contributed by atoms with Gasteiger partial charge in [-0.3, -0.25) is 19.3 Å². The summed E-state index contributed by atoms with van der Waals surface area (Å²) in [6, 6.07) is 15.4. The molecular formula is C26H20ClN5O4S. The normalized spacial score (nSPS) is 24.6. The summed E-state index contributed by atoms with van der Waals surface area (Å²) in [5, 5.41) is 24.3.